The molecule has 1 amide bonds. The number of aryl methyl sites for hydroxylation is 1. The number of para-hydroxylation sites is 1. The van der Waals surface area contributed by atoms with E-state index in [1.54, 1.807) is 36.9 Å². The molecule has 0 aliphatic heterocycles. The van der Waals surface area contributed by atoms with E-state index in [9.17, 15) is 4.79 Å². The van der Waals surface area contributed by atoms with Gasteiger partial charge < -0.3 is 9.84 Å². The van der Waals surface area contributed by atoms with Crippen LogP contribution in [0.5, 0.6) is 0 Å². The standard InChI is InChI=1S/C25H21N7O2/c33-22(6-7-23-29-25(31-34-23)19-10-14-27-15-11-19)28-16-20-17-32(21-4-2-1-3-5-21)30-24(20)18-8-12-26-13-9-18/h1-5,8-15,17H,6-7,16H2,(H,28,33). The van der Waals surface area contributed by atoms with E-state index in [4.69, 9.17) is 9.62 Å². The molecule has 0 aliphatic rings. The molecule has 9 heteroatoms. The molecule has 0 atom stereocenters. The van der Waals surface area contributed by atoms with Gasteiger partial charge in [0, 0.05) is 67.1 Å². The third-order valence-corrected chi connectivity index (χ3v) is 5.21. The lowest BCUT2D eigenvalue weighted by molar-refractivity contribution is -0.121. The topological polar surface area (TPSA) is 112 Å². The normalized spacial score (nSPS) is 10.8. The van der Waals surface area contributed by atoms with Gasteiger partial charge in [-0.3, -0.25) is 14.8 Å². The summed E-state index contributed by atoms with van der Waals surface area (Å²) >= 11 is 0. The highest BCUT2D eigenvalue weighted by atomic mass is 16.5. The Morgan fingerprint density at radius 2 is 1.62 bits per heavy atom. The van der Waals surface area contributed by atoms with Gasteiger partial charge in [-0.05, 0) is 36.4 Å². The summed E-state index contributed by atoms with van der Waals surface area (Å²) < 4.78 is 7.10. The van der Waals surface area contributed by atoms with Crippen LogP contribution < -0.4 is 5.32 Å². The predicted octanol–water partition coefficient (Wildman–Crippen LogP) is 3.63. The van der Waals surface area contributed by atoms with Crippen LogP contribution in [0.3, 0.4) is 0 Å². The van der Waals surface area contributed by atoms with E-state index in [0.717, 1.165) is 28.1 Å². The number of benzene rings is 1. The summed E-state index contributed by atoms with van der Waals surface area (Å²) in [5, 5.41) is 11.7. The summed E-state index contributed by atoms with van der Waals surface area (Å²) in [7, 11) is 0. The fraction of sp³-hybridized carbons (Fsp3) is 0.120. The second-order valence-corrected chi connectivity index (χ2v) is 7.54. The zero-order chi connectivity index (χ0) is 23.2. The first-order valence-corrected chi connectivity index (χ1v) is 10.8. The van der Waals surface area contributed by atoms with E-state index in [-0.39, 0.29) is 12.3 Å². The van der Waals surface area contributed by atoms with Crippen LogP contribution in [0.15, 0.2) is 90.1 Å². The van der Waals surface area contributed by atoms with E-state index in [1.807, 2.05) is 53.3 Å². The Balaban J connectivity index is 1.25. The molecule has 9 nitrogen and oxygen atoms in total. The smallest absolute Gasteiger partial charge is 0.227 e. The maximum absolute atomic E-state index is 12.5. The van der Waals surface area contributed by atoms with Crippen LogP contribution in [0.2, 0.25) is 0 Å². The van der Waals surface area contributed by atoms with Crippen molar-refractivity contribution in [3.05, 3.63) is 97.0 Å². The quantitative estimate of drug-likeness (QED) is 0.383. The molecule has 0 spiro atoms. The van der Waals surface area contributed by atoms with Crippen molar-refractivity contribution in [3.8, 4) is 28.3 Å². The van der Waals surface area contributed by atoms with Crippen molar-refractivity contribution in [1.82, 2.24) is 35.2 Å². The minimum Gasteiger partial charge on any atom is -0.352 e. The SMILES string of the molecule is O=C(CCc1nc(-c2ccncc2)no1)NCc1cn(-c2ccccc2)nc1-c1ccncc1. The van der Waals surface area contributed by atoms with E-state index < -0.39 is 0 Å². The van der Waals surface area contributed by atoms with Gasteiger partial charge in [-0.2, -0.15) is 10.1 Å². The molecule has 34 heavy (non-hydrogen) atoms. The molecule has 0 aliphatic carbocycles. The van der Waals surface area contributed by atoms with Crippen molar-refractivity contribution in [2.24, 2.45) is 0 Å². The van der Waals surface area contributed by atoms with E-state index in [2.05, 4.69) is 25.4 Å². The fourth-order valence-corrected chi connectivity index (χ4v) is 3.48. The molecule has 0 saturated heterocycles. The summed E-state index contributed by atoms with van der Waals surface area (Å²) in [6.45, 7) is 0.343. The van der Waals surface area contributed by atoms with Crippen LogP contribution in [-0.2, 0) is 17.8 Å². The highest BCUT2D eigenvalue weighted by Crippen LogP contribution is 2.23. The van der Waals surface area contributed by atoms with Crippen molar-refractivity contribution in [3.63, 3.8) is 0 Å². The lowest BCUT2D eigenvalue weighted by Crippen LogP contribution is -2.23. The second-order valence-electron chi connectivity index (χ2n) is 7.54. The van der Waals surface area contributed by atoms with Crippen molar-refractivity contribution in [2.75, 3.05) is 0 Å². The fourth-order valence-electron chi connectivity index (χ4n) is 3.48. The number of amides is 1. The molecular weight excluding hydrogens is 430 g/mol. The first-order valence-electron chi connectivity index (χ1n) is 10.8. The molecule has 1 aromatic carbocycles. The van der Waals surface area contributed by atoms with Gasteiger partial charge in [0.2, 0.25) is 17.6 Å². The Morgan fingerprint density at radius 1 is 0.912 bits per heavy atom. The number of nitrogens with one attached hydrogen (secondary N) is 1. The van der Waals surface area contributed by atoms with Crippen LogP contribution in [-0.4, -0.2) is 35.8 Å². The van der Waals surface area contributed by atoms with Gasteiger partial charge in [0.15, 0.2) is 0 Å². The van der Waals surface area contributed by atoms with Crippen LogP contribution in [0.4, 0.5) is 0 Å². The number of carbonyl (C=O) groups excluding carboxylic acids is 1. The van der Waals surface area contributed by atoms with Gasteiger partial charge in [-0.1, -0.05) is 23.4 Å². The van der Waals surface area contributed by atoms with Crippen molar-refractivity contribution >= 4 is 5.91 Å². The molecule has 0 fully saturated rings. The molecule has 5 aromatic rings. The van der Waals surface area contributed by atoms with Gasteiger partial charge in [0.1, 0.15) is 0 Å². The zero-order valence-corrected chi connectivity index (χ0v) is 18.2. The number of hydrogen-bond donors (Lipinski definition) is 1. The summed E-state index contributed by atoms with van der Waals surface area (Å²) in [6.07, 6.45) is 9.30. The van der Waals surface area contributed by atoms with Crippen molar-refractivity contribution in [2.45, 2.75) is 19.4 Å². The first kappa shape index (κ1) is 21.2. The van der Waals surface area contributed by atoms with Crippen LogP contribution >= 0.6 is 0 Å². The number of pyridine rings is 2. The van der Waals surface area contributed by atoms with Gasteiger partial charge in [-0.25, -0.2) is 4.68 Å². The Morgan fingerprint density at radius 3 is 2.35 bits per heavy atom. The summed E-state index contributed by atoms with van der Waals surface area (Å²) in [5.74, 6) is 0.779. The molecule has 0 unspecified atom stereocenters. The summed E-state index contributed by atoms with van der Waals surface area (Å²) in [5.41, 5.74) is 4.39. The molecule has 168 valence electrons. The summed E-state index contributed by atoms with van der Waals surface area (Å²) in [4.78, 5) is 25.0. The number of hydrogen-bond acceptors (Lipinski definition) is 7. The molecule has 4 aromatic heterocycles. The van der Waals surface area contributed by atoms with Crippen LogP contribution in [0.1, 0.15) is 17.9 Å². The van der Waals surface area contributed by atoms with E-state index in [0.29, 0.717) is 24.7 Å². The van der Waals surface area contributed by atoms with Crippen molar-refractivity contribution < 1.29 is 9.32 Å². The third-order valence-electron chi connectivity index (χ3n) is 5.21. The Labute approximate surface area is 195 Å². The lowest BCUT2D eigenvalue weighted by atomic mass is 10.1. The highest BCUT2D eigenvalue weighted by Gasteiger charge is 2.15. The Bertz CT molecular complexity index is 1370. The number of rotatable bonds is 8. The molecular formula is C25H21N7O2. The monoisotopic (exact) mass is 451 g/mol. The van der Waals surface area contributed by atoms with Gasteiger partial charge in [-0.15, -0.1) is 0 Å². The van der Waals surface area contributed by atoms with Crippen LogP contribution in [0.25, 0.3) is 28.3 Å². The average Bonchev–Trinajstić information content (AvgIpc) is 3.55. The minimum absolute atomic E-state index is 0.114. The average molecular weight is 451 g/mol. The number of carbonyl (C=O) groups is 1. The van der Waals surface area contributed by atoms with Crippen molar-refractivity contribution in [1.29, 1.82) is 0 Å². The van der Waals surface area contributed by atoms with Gasteiger partial charge in [0.05, 0.1) is 11.4 Å². The second kappa shape index (κ2) is 9.86. The lowest BCUT2D eigenvalue weighted by Gasteiger charge is -2.05. The molecule has 0 saturated carbocycles. The van der Waals surface area contributed by atoms with Gasteiger partial charge in [0.25, 0.3) is 0 Å². The largest absolute Gasteiger partial charge is 0.352 e. The molecule has 0 bridgehead atoms. The third kappa shape index (κ3) is 4.88. The van der Waals surface area contributed by atoms with E-state index in [1.165, 1.54) is 0 Å². The molecule has 1 N–H and O–H groups in total. The highest BCUT2D eigenvalue weighted by molar-refractivity contribution is 5.76. The van der Waals surface area contributed by atoms with E-state index >= 15 is 0 Å². The van der Waals surface area contributed by atoms with Gasteiger partial charge >= 0.3 is 0 Å². The number of nitrogens with zero attached hydrogens (tertiary/aromatic N) is 6. The molecule has 0 radical (unpaired) electrons. The van der Waals surface area contributed by atoms with Crippen LogP contribution in [0, 0.1) is 0 Å². The Kier molecular flexibility index (Phi) is 6.15. The molecule has 4 heterocycles. The predicted molar refractivity (Wildman–Crippen MR) is 124 cm³/mol. The first-order chi connectivity index (χ1) is 16.8. The molecule has 5 rings (SSSR count). The minimum atomic E-state index is -0.114. The maximum atomic E-state index is 12.5. The number of aromatic nitrogens is 6. The maximum Gasteiger partial charge on any atom is 0.227 e. The Hall–Kier alpha value is -4.66. The zero-order valence-electron chi connectivity index (χ0n) is 18.2. The summed E-state index contributed by atoms with van der Waals surface area (Å²) in [6, 6.07) is 17.3.